The number of aromatic hydroxyl groups is 2. The number of halogens is 1. The normalized spacial score (nSPS) is 13.0. The second kappa shape index (κ2) is 5.65. The number of hydrogen-bond donors (Lipinski definition) is 2. The fourth-order valence-corrected chi connectivity index (χ4v) is 2.79. The minimum atomic E-state index is -0.185. The lowest BCUT2D eigenvalue weighted by Crippen LogP contribution is -2.15. The molecular weight excluding hydrogens is 332 g/mol. The van der Waals surface area contributed by atoms with Crippen LogP contribution in [0.4, 0.5) is 0 Å². The van der Waals surface area contributed by atoms with Gasteiger partial charge in [0.25, 0.3) is 0 Å². The standard InChI is InChI=1S/C17H13ClN2O4/c18-12-8-11(13(21)9-14(12)22)17-19-3-4-20(17)10-1-2-15-16(7-10)24-6-5-23-15/h1-4,7-9,21-22H,5-6H2. The fraction of sp³-hybridized carbons (Fsp3) is 0.118. The Bertz CT molecular complexity index is 923. The van der Waals surface area contributed by atoms with E-state index in [4.69, 9.17) is 21.1 Å². The average molecular weight is 345 g/mol. The molecule has 6 nitrogen and oxygen atoms in total. The lowest BCUT2D eigenvalue weighted by molar-refractivity contribution is 0.171. The number of benzene rings is 2. The van der Waals surface area contributed by atoms with Gasteiger partial charge in [-0.2, -0.15) is 0 Å². The number of hydrogen-bond acceptors (Lipinski definition) is 5. The van der Waals surface area contributed by atoms with Gasteiger partial charge in [0.2, 0.25) is 0 Å². The van der Waals surface area contributed by atoms with E-state index in [0.29, 0.717) is 36.1 Å². The zero-order valence-electron chi connectivity index (χ0n) is 12.4. The Morgan fingerprint density at radius 3 is 2.62 bits per heavy atom. The first-order valence-corrected chi connectivity index (χ1v) is 7.66. The van der Waals surface area contributed by atoms with Crippen LogP contribution in [0, 0.1) is 0 Å². The van der Waals surface area contributed by atoms with Gasteiger partial charge in [0.05, 0.1) is 16.3 Å². The van der Waals surface area contributed by atoms with Crippen LogP contribution in [0.15, 0.2) is 42.7 Å². The summed E-state index contributed by atoms with van der Waals surface area (Å²) in [5.74, 6) is 1.55. The number of aromatic nitrogens is 2. The van der Waals surface area contributed by atoms with Crippen LogP contribution in [0.25, 0.3) is 17.1 Å². The molecule has 1 aliphatic heterocycles. The van der Waals surface area contributed by atoms with Gasteiger partial charge in [-0.25, -0.2) is 4.98 Å². The molecule has 2 heterocycles. The van der Waals surface area contributed by atoms with E-state index in [9.17, 15) is 10.2 Å². The van der Waals surface area contributed by atoms with E-state index in [1.165, 1.54) is 12.1 Å². The summed E-state index contributed by atoms with van der Waals surface area (Å²) in [6.07, 6.45) is 3.38. The predicted molar refractivity (Wildman–Crippen MR) is 88.3 cm³/mol. The molecule has 0 spiro atoms. The van der Waals surface area contributed by atoms with Crippen LogP contribution < -0.4 is 9.47 Å². The Morgan fingerprint density at radius 1 is 1.00 bits per heavy atom. The monoisotopic (exact) mass is 344 g/mol. The zero-order chi connectivity index (χ0) is 16.7. The number of nitrogens with zero attached hydrogens (tertiary/aromatic N) is 2. The summed E-state index contributed by atoms with van der Waals surface area (Å²) < 4.78 is 12.9. The van der Waals surface area contributed by atoms with E-state index in [2.05, 4.69) is 4.98 Å². The molecule has 3 aromatic rings. The molecule has 1 aromatic heterocycles. The molecule has 0 fully saturated rings. The van der Waals surface area contributed by atoms with Gasteiger partial charge in [-0.15, -0.1) is 0 Å². The molecule has 122 valence electrons. The quantitative estimate of drug-likeness (QED) is 0.745. The Labute approximate surface area is 142 Å². The first kappa shape index (κ1) is 14.7. The Morgan fingerprint density at radius 2 is 1.79 bits per heavy atom. The molecule has 0 radical (unpaired) electrons. The van der Waals surface area contributed by atoms with Gasteiger partial charge in [0.15, 0.2) is 11.5 Å². The first-order valence-electron chi connectivity index (χ1n) is 7.29. The summed E-state index contributed by atoms with van der Waals surface area (Å²) >= 11 is 5.96. The Kier molecular flexibility index (Phi) is 3.46. The minimum absolute atomic E-state index is 0.109. The molecule has 0 atom stereocenters. The first-order chi connectivity index (χ1) is 11.6. The van der Waals surface area contributed by atoms with Crippen LogP contribution in [0.1, 0.15) is 0 Å². The topological polar surface area (TPSA) is 76.7 Å². The molecule has 0 aliphatic carbocycles. The maximum absolute atomic E-state index is 10.1. The van der Waals surface area contributed by atoms with Gasteiger partial charge in [-0.3, -0.25) is 4.57 Å². The highest BCUT2D eigenvalue weighted by Crippen LogP contribution is 2.38. The number of phenolic OH excluding ortho intramolecular Hbond substituents is 2. The highest BCUT2D eigenvalue weighted by Gasteiger charge is 2.17. The molecule has 7 heteroatoms. The average Bonchev–Trinajstić information content (AvgIpc) is 3.07. The minimum Gasteiger partial charge on any atom is -0.507 e. The molecule has 0 saturated heterocycles. The van der Waals surface area contributed by atoms with Crippen molar-refractivity contribution in [2.45, 2.75) is 0 Å². The highest BCUT2D eigenvalue weighted by molar-refractivity contribution is 6.32. The van der Waals surface area contributed by atoms with Gasteiger partial charge in [0.1, 0.15) is 30.5 Å². The summed E-state index contributed by atoms with van der Waals surface area (Å²) in [6, 6.07) is 8.22. The van der Waals surface area contributed by atoms with Crippen molar-refractivity contribution >= 4 is 11.6 Å². The predicted octanol–water partition coefficient (Wildman–Crippen LogP) is 3.38. The lowest BCUT2D eigenvalue weighted by Gasteiger charge is -2.19. The van der Waals surface area contributed by atoms with E-state index in [-0.39, 0.29) is 16.5 Å². The number of imidazole rings is 1. The number of ether oxygens (including phenoxy) is 2. The van der Waals surface area contributed by atoms with Gasteiger partial charge in [-0.05, 0) is 18.2 Å². The summed E-state index contributed by atoms with van der Waals surface area (Å²) in [7, 11) is 0. The van der Waals surface area contributed by atoms with Crippen molar-refractivity contribution in [1.82, 2.24) is 9.55 Å². The van der Waals surface area contributed by atoms with Crippen molar-refractivity contribution in [3.63, 3.8) is 0 Å². The molecule has 0 unspecified atom stereocenters. The molecular formula is C17H13ClN2O4. The van der Waals surface area contributed by atoms with Crippen LogP contribution in [-0.4, -0.2) is 33.0 Å². The van der Waals surface area contributed by atoms with Gasteiger partial charge >= 0.3 is 0 Å². The fourth-order valence-electron chi connectivity index (χ4n) is 2.62. The number of rotatable bonds is 2. The van der Waals surface area contributed by atoms with Crippen molar-refractivity contribution in [3.05, 3.63) is 47.7 Å². The largest absolute Gasteiger partial charge is 0.507 e. The SMILES string of the molecule is Oc1cc(O)c(-c2nccn2-c2ccc3c(c2)OCCO3)cc1Cl. The van der Waals surface area contributed by atoms with Crippen LogP contribution in [0.2, 0.25) is 5.02 Å². The molecule has 0 saturated carbocycles. The summed E-state index contributed by atoms with van der Waals surface area (Å²) in [4.78, 5) is 4.30. The third-order valence-electron chi connectivity index (χ3n) is 3.75. The molecule has 4 rings (SSSR count). The Hall–Kier alpha value is -2.86. The van der Waals surface area contributed by atoms with Crippen LogP contribution in [0.5, 0.6) is 23.0 Å². The smallest absolute Gasteiger partial charge is 0.163 e. The summed E-state index contributed by atoms with van der Waals surface area (Å²) in [5, 5.41) is 19.9. The van der Waals surface area contributed by atoms with Crippen LogP contribution in [0.3, 0.4) is 0 Å². The summed E-state index contributed by atoms with van der Waals surface area (Å²) in [6.45, 7) is 1.03. The second-order valence-electron chi connectivity index (χ2n) is 5.27. The van der Waals surface area contributed by atoms with Gasteiger partial charge in [0, 0.05) is 24.5 Å². The number of fused-ring (bicyclic) bond motifs is 1. The van der Waals surface area contributed by atoms with E-state index in [0.717, 1.165) is 5.69 Å². The maximum atomic E-state index is 10.1. The molecule has 0 amide bonds. The molecule has 0 bridgehead atoms. The Balaban J connectivity index is 1.82. The third-order valence-corrected chi connectivity index (χ3v) is 4.05. The zero-order valence-corrected chi connectivity index (χ0v) is 13.2. The van der Waals surface area contributed by atoms with Crippen molar-refractivity contribution in [2.75, 3.05) is 13.2 Å². The lowest BCUT2D eigenvalue weighted by atomic mass is 10.1. The van der Waals surface area contributed by atoms with Crippen LogP contribution in [-0.2, 0) is 0 Å². The highest BCUT2D eigenvalue weighted by atomic mass is 35.5. The second-order valence-corrected chi connectivity index (χ2v) is 5.68. The maximum Gasteiger partial charge on any atom is 0.163 e. The van der Waals surface area contributed by atoms with Crippen molar-refractivity contribution < 1.29 is 19.7 Å². The van der Waals surface area contributed by atoms with Crippen LogP contribution >= 0.6 is 11.6 Å². The van der Waals surface area contributed by atoms with E-state index in [1.807, 2.05) is 18.2 Å². The third kappa shape index (κ3) is 2.41. The van der Waals surface area contributed by atoms with E-state index in [1.54, 1.807) is 17.0 Å². The molecule has 2 N–H and O–H groups in total. The molecule has 24 heavy (non-hydrogen) atoms. The van der Waals surface area contributed by atoms with E-state index < -0.39 is 0 Å². The molecule has 1 aliphatic rings. The van der Waals surface area contributed by atoms with Gasteiger partial charge in [-0.1, -0.05) is 11.6 Å². The van der Waals surface area contributed by atoms with Crippen molar-refractivity contribution in [3.8, 4) is 40.1 Å². The molecule has 2 aromatic carbocycles. The van der Waals surface area contributed by atoms with Crippen molar-refractivity contribution in [1.29, 1.82) is 0 Å². The number of phenols is 2. The van der Waals surface area contributed by atoms with Crippen molar-refractivity contribution in [2.24, 2.45) is 0 Å². The van der Waals surface area contributed by atoms with Gasteiger partial charge < -0.3 is 19.7 Å². The van der Waals surface area contributed by atoms with E-state index >= 15 is 0 Å². The summed E-state index contributed by atoms with van der Waals surface area (Å²) in [5.41, 5.74) is 1.22.